The van der Waals surface area contributed by atoms with Crippen molar-refractivity contribution >= 4 is 45.7 Å². The van der Waals surface area contributed by atoms with Crippen LogP contribution in [0.3, 0.4) is 0 Å². The Kier molecular flexibility index (Phi) is 4.46. The molecule has 0 atom stereocenters. The minimum atomic E-state index is -0.450. The van der Waals surface area contributed by atoms with Crippen molar-refractivity contribution in [2.45, 2.75) is 19.8 Å². The molecule has 0 bridgehead atoms. The Morgan fingerprint density at radius 2 is 2.35 bits per heavy atom. The van der Waals surface area contributed by atoms with Crippen LogP contribution in [0.15, 0.2) is 17.1 Å². The van der Waals surface area contributed by atoms with E-state index < -0.39 is 4.92 Å². The number of carbonyl (C=O) groups excluding carboxylic acids is 1. The van der Waals surface area contributed by atoms with Gasteiger partial charge in [0.2, 0.25) is 0 Å². The van der Waals surface area contributed by atoms with Crippen LogP contribution >= 0.6 is 23.6 Å². The standard InChI is InChI=1S/C12H13N3O3S2/c1-2-3-4-14-11(16)9(13-12(14)19)5-8-6-10(15(17)18)20-7-8/h5-7H,2-4H2,1H3,(H,13,19)/b9-5-. The number of thiocarbonyl (C=S) groups is 1. The largest absolute Gasteiger partial charge is 0.328 e. The molecule has 2 rings (SSSR count). The average Bonchev–Trinajstić information content (AvgIpc) is 2.95. The van der Waals surface area contributed by atoms with Crippen LogP contribution in [0.1, 0.15) is 25.3 Å². The van der Waals surface area contributed by atoms with Gasteiger partial charge in [0.1, 0.15) is 5.70 Å². The lowest BCUT2D eigenvalue weighted by Crippen LogP contribution is -2.31. The Hall–Kier alpha value is -1.80. The van der Waals surface area contributed by atoms with Gasteiger partial charge in [0.05, 0.1) is 4.92 Å². The van der Waals surface area contributed by atoms with Crippen molar-refractivity contribution in [2.75, 3.05) is 6.54 Å². The second kappa shape index (κ2) is 6.10. The summed E-state index contributed by atoms with van der Waals surface area (Å²) in [4.78, 5) is 23.8. The third-order valence-corrected chi connectivity index (χ3v) is 4.02. The summed E-state index contributed by atoms with van der Waals surface area (Å²) in [6, 6.07) is 1.43. The van der Waals surface area contributed by atoms with Crippen LogP contribution in [0.4, 0.5) is 5.00 Å². The zero-order valence-electron chi connectivity index (χ0n) is 10.8. The number of nitrogens with zero attached hydrogens (tertiary/aromatic N) is 2. The molecule has 1 fully saturated rings. The zero-order chi connectivity index (χ0) is 14.7. The van der Waals surface area contributed by atoms with E-state index in [-0.39, 0.29) is 10.9 Å². The number of amides is 1. The predicted molar refractivity (Wildman–Crippen MR) is 81.3 cm³/mol. The van der Waals surface area contributed by atoms with Crippen molar-refractivity contribution in [1.29, 1.82) is 0 Å². The summed E-state index contributed by atoms with van der Waals surface area (Å²) in [7, 11) is 0. The molecule has 0 unspecified atom stereocenters. The van der Waals surface area contributed by atoms with Crippen molar-refractivity contribution in [1.82, 2.24) is 10.2 Å². The lowest BCUT2D eigenvalue weighted by atomic mass is 10.2. The number of unbranched alkanes of at least 4 members (excludes halogenated alkanes) is 1. The van der Waals surface area contributed by atoms with E-state index >= 15 is 0 Å². The Morgan fingerprint density at radius 3 is 2.95 bits per heavy atom. The van der Waals surface area contributed by atoms with Gasteiger partial charge in [-0.15, -0.1) is 0 Å². The molecular formula is C12H13N3O3S2. The Labute approximate surface area is 125 Å². The minimum Gasteiger partial charge on any atom is -0.328 e. The van der Waals surface area contributed by atoms with E-state index in [0.717, 1.165) is 24.2 Å². The molecule has 0 saturated carbocycles. The van der Waals surface area contributed by atoms with E-state index in [1.165, 1.54) is 11.0 Å². The van der Waals surface area contributed by atoms with Crippen LogP contribution in [-0.2, 0) is 4.79 Å². The first-order valence-corrected chi connectivity index (χ1v) is 7.39. The normalized spacial score (nSPS) is 16.9. The van der Waals surface area contributed by atoms with Gasteiger partial charge in [0.25, 0.3) is 5.91 Å². The van der Waals surface area contributed by atoms with E-state index in [0.29, 0.717) is 22.9 Å². The molecule has 0 aliphatic carbocycles. The van der Waals surface area contributed by atoms with Crippen LogP contribution in [0, 0.1) is 10.1 Å². The first-order chi connectivity index (χ1) is 9.52. The molecule has 2 heterocycles. The van der Waals surface area contributed by atoms with E-state index in [4.69, 9.17) is 12.2 Å². The van der Waals surface area contributed by atoms with Gasteiger partial charge in [0, 0.05) is 18.0 Å². The highest BCUT2D eigenvalue weighted by atomic mass is 32.1. The van der Waals surface area contributed by atoms with Crippen molar-refractivity contribution < 1.29 is 9.72 Å². The van der Waals surface area contributed by atoms with Gasteiger partial charge in [-0.05, 0) is 30.3 Å². The molecule has 0 spiro atoms. The van der Waals surface area contributed by atoms with Crippen molar-refractivity contribution in [3.05, 3.63) is 32.8 Å². The number of hydrogen-bond acceptors (Lipinski definition) is 5. The van der Waals surface area contributed by atoms with Crippen molar-refractivity contribution in [3.8, 4) is 0 Å². The molecule has 1 aromatic heterocycles. The summed E-state index contributed by atoms with van der Waals surface area (Å²) >= 11 is 6.15. The van der Waals surface area contributed by atoms with E-state index in [1.54, 1.807) is 11.5 Å². The molecule has 0 radical (unpaired) electrons. The molecule has 6 nitrogen and oxygen atoms in total. The van der Waals surface area contributed by atoms with Gasteiger partial charge in [0.15, 0.2) is 5.11 Å². The summed E-state index contributed by atoms with van der Waals surface area (Å²) in [5.41, 5.74) is 0.983. The van der Waals surface area contributed by atoms with Crippen LogP contribution in [0.2, 0.25) is 0 Å². The summed E-state index contributed by atoms with van der Waals surface area (Å²) in [5, 5.41) is 15.5. The highest BCUT2D eigenvalue weighted by Gasteiger charge is 2.30. The molecule has 1 saturated heterocycles. The maximum absolute atomic E-state index is 12.1. The first-order valence-electron chi connectivity index (χ1n) is 6.10. The number of nitro groups is 1. The fraction of sp³-hybridized carbons (Fsp3) is 0.333. The van der Waals surface area contributed by atoms with E-state index in [1.807, 2.05) is 6.92 Å². The SMILES string of the molecule is CCCCN1C(=O)/C(=C/c2csc([N+](=O)[O-])c2)NC1=S. The van der Waals surface area contributed by atoms with Gasteiger partial charge in [-0.3, -0.25) is 19.8 Å². The Balaban J connectivity index is 2.16. The van der Waals surface area contributed by atoms with Gasteiger partial charge in [-0.25, -0.2) is 0 Å². The third kappa shape index (κ3) is 3.02. The van der Waals surface area contributed by atoms with Gasteiger partial charge < -0.3 is 5.32 Å². The maximum Gasteiger partial charge on any atom is 0.324 e. The van der Waals surface area contributed by atoms with Gasteiger partial charge >= 0.3 is 5.00 Å². The summed E-state index contributed by atoms with van der Waals surface area (Å²) in [5.74, 6) is -0.183. The third-order valence-electron chi connectivity index (χ3n) is 2.79. The molecule has 0 aromatic carbocycles. The Morgan fingerprint density at radius 1 is 1.60 bits per heavy atom. The summed E-state index contributed by atoms with van der Waals surface area (Å²) < 4.78 is 0. The Bertz CT molecular complexity index is 595. The smallest absolute Gasteiger partial charge is 0.324 e. The van der Waals surface area contributed by atoms with Crippen LogP contribution < -0.4 is 5.32 Å². The van der Waals surface area contributed by atoms with Crippen LogP contribution in [0.5, 0.6) is 0 Å². The lowest BCUT2D eigenvalue weighted by Gasteiger charge is -2.12. The van der Waals surface area contributed by atoms with Crippen molar-refractivity contribution in [2.24, 2.45) is 0 Å². The highest BCUT2D eigenvalue weighted by molar-refractivity contribution is 7.80. The highest BCUT2D eigenvalue weighted by Crippen LogP contribution is 2.25. The maximum atomic E-state index is 12.1. The second-order valence-corrected chi connectivity index (χ2v) is 5.55. The number of hydrogen-bond donors (Lipinski definition) is 1. The predicted octanol–water partition coefficient (Wildman–Crippen LogP) is 2.51. The van der Waals surface area contributed by atoms with E-state index in [9.17, 15) is 14.9 Å². The number of carbonyl (C=O) groups is 1. The average molecular weight is 311 g/mol. The number of nitrogens with one attached hydrogen (secondary N) is 1. The topological polar surface area (TPSA) is 75.5 Å². The van der Waals surface area contributed by atoms with Crippen LogP contribution in [-0.4, -0.2) is 27.4 Å². The second-order valence-electron chi connectivity index (χ2n) is 4.27. The van der Waals surface area contributed by atoms with Gasteiger partial charge in [-0.1, -0.05) is 24.7 Å². The fourth-order valence-electron chi connectivity index (χ4n) is 1.77. The van der Waals surface area contributed by atoms with Crippen molar-refractivity contribution in [3.63, 3.8) is 0 Å². The molecule has 1 N–H and O–H groups in total. The molecule has 8 heteroatoms. The quantitative estimate of drug-likeness (QED) is 0.391. The molecule has 1 amide bonds. The number of thiophene rings is 1. The molecule has 106 valence electrons. The summed E-state index contributed by atoms with van der Waals surface area (Å²) in [6.07, 6.45) is 3.44. The lowest BCUT2D eigenvalue weighted by molar-refractivity contribution is -0.380. The molecular weight excluding hydrogens is 298 g/mol. The molecule has 1 aliphatic heterocycles. The molecule has 1 aromatic rings. The van der Waals surface area contributed by atoms with Crippen LogP contribution in [0.25, 0.3) is 6.08 Å². The molecule has 20 heavy (non-hydrogen) atoms. The minimum absolute atomic E-state index is 0.0488. The zero-order valence-corrected chi connectivity index (χ0v) is 12.4. The van der Waals surface area contributed by atoms with E-state index in [2.05, 4.69) is 5.32 Å². The summed E-state index contributed by atoms with van der Waals surface area (Å²) in [6.45, 7) is 2.63. The number of rotatable bonds is 5. The molecule has 1 aliphatic rings. The van der Waals surface area contributed by atoms with Gasteiger partial charge in [-0.2, -0.15) is 0 Å². The monoisotopic (exact) mass is 311 g/mol. The first kappa shape index (κ1) is 14.6. The fourth-order valence-corrected chi connectivity index (χ4v) is 2.74.